The fourth-order valence-electron chi connectivity index (χ4n) is 1.79. The summed E-state index contributed by atoms with van der Waals surface area (Å²) in [5, 5.41) is 15.4. The Morgan fingerprint density at radius 3 is 2.58 bits per heavy atom. The number of aromatic nitrogens is 3. The Morgan fingerprint density at radius 2 is 2.11 bits per heavy atom. The Kier molecular flexibility index (Phi) is 5.99. The van der Waals surface area contributed by atoms with Gasteiger partial charge in [0.1, 0.15) is 0 Å². The monoisotopic (exact) mass is 305 g/mol. The van der Waals surface area contributed by atoms with E-state index in [4.69, 9.17) is 5.11 Å². The van der Waals surface area contributed by atoms with E-state index in [1.165, 1.54) is 4.57 Å². The minimum absolute atomic E-state index is 0.0216. The van der Waals surface area contributed by atoms with E-state index in [1.807, 2.05) is 6.26 Å². The summed E-state index contributed by atoms with van der Waals surface area (Å²) < 4.78 is 1.52. The number of carboxylic acids is 1. The summed E-state index contributed by atoms with van der Waals surface area (Å²) in [6, 6.07) is 0. The molecule has 0 spiro atoms. The summed E-state index contributed by atoms with van der Waals surface area (Å²) in [5.41, 5.74) is -0.284. The van der Waals surface area contributed by atoms with Gasteiger partial charge in [0.05, 0.1) is 5.75 Å². The van der Waals surface area contributed by atoms with E-state index in [1.54, 1.807) is 11.8 Å². The molecule has 108 valence electrons. The van der Waals surface area contributed by atoms with Crippen molar-refractivity contribution in [2.75, 3.05) is 12.0 Å². The molecule has 8 heteroatoms. The Morgan fingerprint density at radius 1 is 1.47 bits per heavy atom. The van der Waals surface area contributed by atoms with Gasteiger partial charge in [-0.3, -0.25) is 9.36 Å². The Bertz CT molecular complexity index is 472. The molecule has 0 saturated carbocycles. The van der Waals surface area contributed by atoms with Crippen LogP contribution in [0.3, 0.4) is 0 Å². The molecule has 0 atom stereocenters. The second kappa shape index (κ2) is 7.04. The van der Waals surface area contributed by atoms with Crippen LogP contribution in [0.5, 0.6) is 0 Å². The average molecular weight is 305 g/mol. The van der Waals surface area contributed by atoms with Gasteiger partial charge < -0.3 is 5.11 Å². The highest BCUT2D eigenvalue weighted by atomic mass is 32.2. The summed E-state index contributed by atoms with van der Waals surface area (Å²) in [6.07, 6.45) is 3.90. The van der Waals surface area contributed by atoms with E-state index in [-0.39, 0.29) is 16.2 Å². The second-order valence-electron chi connectivity index (χ2n) is 4.17. The van der Waals surface area contributed by atoms with E-state index < -0.39 is 5.97 Å². The Balaban J connectivity index is 2.96. The smallest absolute Gasteiger partial charge is 0.344 e. The van der Waals surface area contributed by atoms with Gasteiger partial charge in [-0.1, -0.05) is 25.6 Å². The quantitative estimate of drug-likeness (QED) is 0.710. The van der Waals surface area contributed by atoms with E-state index in [2.05, 4.69) is 24.0 Å². The maximum atomic E-state index is 11.8. The first-order valence-corrected chi connectivity index (χ1v) is 8.24. The van der Waals surface area contributed by atoms with Gasteiger partial charge in [-0.15, -0.1) is 5.10 Å². The fourth-order valence-corrected chi connectivity index (χ4v) is 3.30. The maximum Gasteiger partial charge on any atom is 0.344 e. The number of hydrogen-bond acceptors (Lipinski definition) is 5. The zero-order chi connectivity index (χ0) is 14.5. The van der Waals surface area contributed by atoms with Crippen LogP contribution in [0.25, 0.3) is 0 Å². The lowest BCUT2D eigenvalue weighted by atomic mass is 10.0. The second-order valence-corrected chi connectivity index (χ2v) is 6.39. The molecule has 0 aliphatic rings. The molecule has 1 aromatic heterocycles. The molecule has 1 heterocycles. The average Bonchev–Trinajstić information content (AvgIpc) is 2.74. The summed E-state index contributed by atoms with van der Waals surface area (Å²) in [4.78, 5) is 22.4. The summed E-state index contributed by atoms with van der Waals surface area (Å²) in [6.45, 7) is 4.73. The minimum Gasteiger partial charge on any atom is -0.481 e. The van der Waals surface area contributed by atoms with Crippen LogP contribution in [-0.4, -0.2) is 42.6 Å². The highest BCUT2D eigenvalue weighted by Crippen LogP contribution is 2.32. The first-order chi connectivity index (χ1) is 8.98. The van der Waals surface area contributed by atoms with Crippen molar-refractivity contribution in [3.05, 3.63) is 10.5 Å². The number of carboxylic acid groups (broad SMARTS) is 1. The number of rotatable bonds is 8. The SMILES string of the molecule is CCC(CC)(Cn1c(SCC(=O)O)n[nH]c1=O)SC. The van der Waals surface area contributed by atoms with E-state index in [9.17, 15) is 9.59 Å². The maximum absolute atomic E-state index is 11.8. The molecule has 1 aromatic rings. The summed E-state index contributed by atoms with van der Waals surface area (Å²) in [7, 11) is 0. The van der Waals surface area contributed by atoms with Crippen LogP contribution in [0.15, 0.2) is 9.95 Å². The minimum atomic E-state index is -0.922. The van der Waals surface area contributed by atoms with Crippen LogP contribution in [0.4, 0.5) is 0 Å². The van der Waals surface area contributed by atoms with Crippen LogP contribution in [-0.2, 0) is 11.3 Å². The molecule has 0 radical (unpaired) electrons. The molecule has 0 aliphatic carbocycles. The van der Waals surface area contributed by atoms with Crippen molar-refractivity contribution in [2.45, 2.75) is 43.1 Å². The van der Waals surface area contributed by atoms with Gasteiger partial charge in [0, 0.05) is 11.3 Å². The van der Waals surface area contributed by atoms with Gasteiger partial charge in [0.25, 0.3) is 0 Å². The Hall–Kier alpha value is -0.890. The largest absolute Gasteiger partial charge is 0.481 e. The molecule has 0 amide bonds. The molecule has 0 saturated heterocycles. The zero-order valence-electron chi connectivity index (χ0n) is 11.3. The number of nitrogens with zero attached hydrogens (tertiary/aromatic N) is 2. The van der Waals surface area contributed by atoms with Crippen LogP contribution in [0.2, 0.25) is 0 Å². The highest BCUT2D eigenvalue weighted by Gasteiger charge is 2.27. The third kappa shape index (κ3) is 4.04. The molecular formula is C11H19N3O3S2. The predicted molar refractivity (Wildman–Crippen MR) is 78.0 cm³/mol. The number of hydrogen-bond donors (Lipinski definition) is 2. The van der Waals surface area contributed by atoms with Crippen molar-refractivity contribution in [1.82, 2.24) is 14.8 Å². The van der Waals surface area contributed by atoms with Gasteiger partial charge in [0.2, 0.25) is 0 Å². The zero-order valence-corrected chi connectivity index (χ0v) is 12.9. The molecule has 0 aromatic carbocycles. The van der Waals surface area contributed by atoms with Crippen LogP contribution < -0.4 is 5.69 Å². The lowest BCUT2D eigenvalue weighted by Crippen LogP contribution is -2.33. The van der Waals surface area contributed by atoms with Crippen LogP contribution in [0.1, 0.15) is 26.7 Å². The van der Waals surface area contributed by atoms with Gasteiger partial charge in [-0.05, 0) is 19.1 Å². The molecule has 0 unspecified atom stereocenters. The lowest BCUT2D eigenvalue weighted by molar-refractivity contribution is -0.133. The van der Waals surface area contributed by atoms with E-state index in [0.29, 0.717) is 11.7 Å². The van der Waals surface area contributed by atoms with Gasteiger partial charge >= 0.3 is 11.7 Å². The molecule has 1 rings (SSSR count). The van der Waals surface area contributed by atoms with Gasteiger partial charge in [-0.25, -0.2) is 9.89 Å². The summed E-state index contributed by atoms with van der Waals surface area (Å²) in [5.74, 6) is -1.02. The summed E-state index contributed by atoms with van der Waals surface area (Å²) >= 11 is 2.79. The van der Waals surface area contributed by atoms with Crippen molar-refractivity contribution >= 4 is 29.5 Å². The van der Waals surface area contributed by atoms with Crippen molar-refractivity contribution in [1.29, 1.82) is 0 Å². The first-order valence-electron chi connectivity index (χ1n) is 6.03. The third-order valence-electron chi connectivity index (χ3n) is 3.22. The van der Waals surface area contributed by atoms with E-state index >= 15 is 0 Å². The Labute approximate surface area is 120 Å². The molecule has 0 aliphatic heterocycles. The highest BCUT2D eigenvalue weighted by molar-refractivity contribution is 8.00. The number of carbonyl (C=O) groups is 1. The van der Waals surface area contributed by atoms with Crippen LogP contribution in [0, 0.1) is 0 Å². The molecule has 0 fully saturated rings. The molecular weight excluding hydrogens is 286 g/mol. The normalized spacial score (nSPS) is 11.7. The number of H-pyrrole nitrogens is 1. The fraction of sp³-hybridized carbons (Fsp3) is 0.727. The third-order valence-corrected chi connectivity index (χ3v) is 5.75. The molecule has 2 N–H and O–H groups in total. The molecule has 6 nitrogen and oxygen atoms in total. The molecule has 19 heavy (non-hydrogen) atoms. The first kappa shape index (κ1) is 16.2. The standard InChI is InChI=1S/C11H19N3O3S2/c1-4-11(5-2,18-3)7-14-9(17)12-13-10(14)19-6-8(15)16/h4-7H2,1-3H3,(H,12,17)(H,15,16). The van der Waals surface area contributed by atoms with Crippen molar-refractivity contribution < 1.29 is 9.90 Å². The lowest BCUT2D eigenvalue weighted by Gasteiger charge is -2.29. The van der Waals surface area contributed by atoms with Crippen LogP contribution >= 0.6 is 23.5 Å². The van der Waals surface area contributed by atoms with Crippen molar-refractivity contribution in [3.63, 3.8) is 0 Å². The number of aromatic amines is 1. The number of nitrogens with one attached hydrogen (secondary N) is 1. The van der Waals surface area contributed by atoms with Crippen molar-refractivity contribution in [2.24, 2.45) is 0 Å². The van der Waals surface area contributed by atoms with E-state index in [0.717, 1.165) is 24.6 Å². The number of thioether (sulfide) groups is 2. The van der Waals surface area contributed by atoms with Gasteiger partial charge in [-0.2, -0.15) is 11.8 Å². The number of aliphatic carboxylic acids is 1. The topological polar surface area (TPSA) is 88.0 Å². The predicted octanol–water partition coefficient (Wildman–Crippen LogP) is 1.67. The molecule has 0 bridgehead atoms. The van der Waals surface area contributed by atoms with Gasteiger partial charge in [0.15, 0.2) is 5.16 Å². The van der Waals surface area contributed by atoms with Crippen molar-refractivity contribution in [3.8, 4) is 0 Å².